The number of nitrogens with one attached hydrogen (secondary N) is 2. The van der Waals surface area contributed by atoms with Crippen LogP contribution in [0.4, 0.5) is 0 Å². The Kier molecular flexibility index (Phi) is 5.73. The molecule has 1 atom stereocenters. The molecule has 3 nitrogen and oxygen atoms in total. The molecule has 1 saturated heterocycles. The first-order chi connectivity index (χ1) is 9.31. The van der Waals surface area contributed by atoms with Gasteiger partial charge in [0.05, 0.1) is 6.04 Å². The van der Waals surface area contributed by atoms with Gasteiger partial charge in [-0.15, -0.1) is 11.8 Å². The molecule has 0 radical (unpaired) electrons. The van der Waals surface area contributed by atoms with E-state index in [1.165, 1.54) is 16.9 Å². The highest BCUT2D eigenvalue weighted by molar-refractivity contribution is 7.98. The molecule has 1 heterocycles. The second-order valence-corrected chi connectivity index (χ2v) is 5.70. The lowest BCUT2D eigenvalue weighted by Gasteiger charge is -2.22. The fraction of sp³-hybridized carbons (Fsp3) is 0.533. The molecular formula is C15H22N2OS. The van der Waals surface area contributed by atoms with Crippen LogP contribution in [0.5, 0.6) is 0 Å². The van der Waals surface area contributed by atoms with Gasteiger partial charge in [-0.1, -0.05) is 24.6 Å². The van der Waals surface area contributed by atoms with Crippen molar-refractivity contribution in [3.05, 3.63) is 29.8 Å². The molecule has 1 amide bonds. The van der Waals surface area contributed by atoms with Gasteiger partial charge in [0.25, 0.3) is 0 Å². The third-order valence-electron chi connectivity index (χ3n) is 3.51. The summed E-state index contributed by atoms with van der Waals surface area (Å²) in [5.41, 5.74) is 1.31. The zero-order chi connectivity index (χ0) is 13.5. The quantitative estimate of drug-likeness (QED) is 0.811. The van der Waals surface area contributed by atoms with Crippen molar-refractivity contribution in [2.24, 2.45) is 0 Å². The molecule has 1 aliphatic rings. The lowest BCUT2D eigenvalue weighted by atomic mass is 10.0. The monoisotopic (exact) mass is 278 g/mol. The highest BCUT2D eigenvalue weighted by Gasteiger charge is 2.19. The molecule has 0 saturated carbocycles. The van der Waals surface area contributed by atoms with E-state index in [4.69, 9.17) is 0 Å². The average Bonchev–Trinajstić information content (AvgIpc) is 2.48. The van der Waals surface area contributed by atoms with Crippen molar-refractivity contribution in [1.29, 1.82) is 0 Å². The molecule has 1 unspecified atom stereocenters. The smallest absolute Gasteiger partial charge is 0.237 e. The molecule has 1 aromatic rings. The van der Waals surface area contributed by atoms with Crippen molar-refractivity contribution in [2.75, 3.05) is 19.3 Å². The van der Waals surface area contributed by atoms with Crippen molar-refractivity contribution >= 4 is 17.7 Å². The molecule has 4 heteroatoms. The molecule has 104 valence electrons. The van der Waals surface area contributed by atoms with Crippen LogP contribution in [-0.4, -0.2) is 31.3 Å². The van der Waals surface area contributed by atoms with Gasteiger partial charge in [-0.05, 0) is 43.7 Å². The zero-order valence-corrected chi connectivity index (χ0v) is 12.3. The number of thioether (sulfide) groups is 1. The Morgan fingerprint density at radius 3 is 3.00 bits per heavy atom. The van der Waals surface area contributed by atoms with E-state index in [-0.39, 0.29) is 11.9 Å². The van der Waals surface area contributed by atoms with E-state index >= 15 is 0 Å². The van der Waals surface area contributed by atoms with E-state index in [9.17, 15) is 4.79 Å². The molecule has 0 spiro atoms. The maximum absolute atomic E-state index is 12.0. The van der Waals surface area contributed by atoms with Gasteiger partial charge in [0.15, 0.2) is 0 Å². The first kappa shape index (κ1) is 14.4. The number of piperidine rings is 1. The summed E-state index contributed by atoms with van der Waals surface area (Å²) in [4.78, 5) is 13.3. The van der Waals surface area contributed by atoms with Crippen LogP contribution >= 0.6 is 11.8 Å². The van der Waals surface area contributed by atoms with Gasteiger partial charge in [-0.3, -0.25) is 4.79 Å². The third kappa shape index (κ3) is 4.25. The van der Waals surface area contributed by atoms with Crippen LogP contribution in [0.1, 0.15) is 24.8 Å². The van der Waals surface area contributed by atoms with Crippen LogP contribution in [-0.2, 0) is 11.2 Å². The first-order valence-electron chi connectivity index (χ1n) is 6.94. The Bertz CT molecular complexity index is 416. The fourth-order valence-corrected chi connectivity index (χ4v) is 3.08. The van der Waals surface area contributed by atoms with E-state index < -0.39 is 0 Å². The normalized spacial score (nSPS) is 19.1. The molecule has 0 aliphatic carbocycles. The summed E-state index contributed by atoms with van der Waals surface area (Å²) in [6, 6.07) is 8.39. The Balaban J connectivity index is 1.78. The van der Waals surface area contributed by atoms with Gasteiger partial charge >= 0.3 is 0 Å². The van der Waals surface area contributed by atoms with Gasteiger partial charge < -0.3 is 10.6 Å². The highest BCUT2D eigenvalue weighted by Crippen LogP contribution is 2.19. The lowest BCUT2D eigenvalue weighted by Crippen LogP contribution is -2.47. The number of hydrogen-bond acceptors (Lipinski definition) is 3. The summed E-state index contributed by atoms with van der Waals surface area (Å²) in [5, 5.41) is 6.32. The summed E-state index contributed by atoms with van der Waals surface area (Å²) in [6.45, 7) is 1.68. The van der Waals surface area contributed by atoms with Crippen LogP contribution in [0, 0.1) is 0 Å². The summed E-state index contributed by atoms with van der Waals surface area (Å²) < 4.78 is 0. The number of carbonyl (C=O) groups is 1. The standard InChI is InChI=1S/C15H22N2OS/c1-19-14-8-3-2-6-12(14)9-11-17-15(18)13-7-4-5-10-16-13/h2-3,6,8,13,16H,4-5,7,9-11H2,1H3,(H,17,18). The van der Waals surface area contributed by atoms with Gasteiger partial charge in [0.2, 0.25) is 5.91 Å². The van der Waals surface area contributed by atoms with Crippen molar-refractivity contribution in [3.63, 3.8) is 0 Å². The molecule has 1 fully saturated rings. The van der Waals surface area contributed by atoms with Crippen molar-refractivity contribution in [2.45, 2.75) is 36.6 Å². The number of carbonyl (C=O) groups excluding carboxylic acids is 1. The maximum atomic E-state index is 12.0. The van der Waals surface area contributed by atoms with Crippen LogP contribution in [0.25, 0.3) is 0 Å². The van der Waals surface area contributed by atoms with Crippen LogP contribution in [0.2, 0.25) is 0 Å². The second kappa shape index (κ2) is 7.56. The summed E-state index contributed by atoms with van der Waals surface area (Å²) in [6.07, 6.45) is 6.29. The first-order valence-corrected chi connectivity index (χ1v) is 8.16. The number of rotatable bonds is 5. The van der Waals surface area contributed by atoms with Crippen molar-refractivity contribution in [3.8, 4) is 0 Å². The van der Waals surface area contributed by atoms with Crippen LogP contribution in [0.15, 0.2) is 29.2 Å². The Labute approximate surface area is 119 Å². The molecule has 1 aliphatic heterocycles. The number of benzene rings is 1. The number of hydrogen-bond donors (Lipinski definition) is 2. The molecule has 0 aromatic heterocycles. The SMILES string of the molecule is CSc1ccccc1CCNC(=O)C1CCCCN1. The summed E-state index contributed by atoms with van der Waals surface area (Å²) >= 11 is 1.76. The van der Waals surface area contributed by atoms with Gasteiger partial charge in [-0.25, -0.2) is 0 Å². The minimum absolute atomic E-state index is 0.0181. The minimum Gasteiger partial charge on any atom is -0.354 e. The van der Waals surface area contributed by atoms with Crippen molar-refractivity contribution < 1.29 is 4.79 Å². The van der Waals surface area contributed by atoms with Gasteiger partial charge in [0, 0.05) is 11.4 Å². The predicted molar refractivity (Wildman–Crippen MR) is 80.6 cm³/mol. The molecular weight excluding hydrogens is 256 g/mol. The Morgan fingerprint density at radius 2 is 2.26 bits per heavy atom. The molecule has 2 rings (SSSR count). The van der Waals surface area contributed by atoms with Crippen molar-refractivity contribution in [1.82, 2.24) is 10.6 Å². The lowest BCUT2D eigenvalue weighted by molar-refractivity contribution is -0.123. The minimum atomic E-state index is 0.0181. The third-order valence-corrected chi connectivity index (χ3v) is 4.35. The Morgan fingerprint density at radius 1 is 1.42 bits per heavy atom. The largest absolute Gasteiger partial charge is 0.354 e. The molecule has 19 heavy (non-hydrogen) atoms. The second-order valence-electron chi connectivity index (χ2n) is 4.86. The molecule has 0 bridgehead atoms. The molecule has 2 N–H and O–H groups in total. The van der Waals surface area contributed by atoms with Gasteiger partial charge in [0.1, 0.15) is 0 Å². The zero-order valence-electron chi connectivity index (χ0n) is 11.4. The predicted octanol–water partition coefficient (Wildman–Crippen LogP) is 2.21. The van der Waals surface area contributed by atoms with E-state index in [1.54, 1.807) is 11.8 Å². The van der Waals surface area contributed by atoms with E-state index in [0.717, 1.165) is 25.8 Å². The molecule has 1 aromatic carbocycles. The Hall–Kier alpha value is -1.00. The summed E-state index contributed by atoms with van der Waals surface area (Å²) in [5.74, 6) is 0.154. The topological polar surface area (TPSA) is 41.1 Å². The van der Waals surface area contributed by atoms with Crippen LogP contribution in [0.3, 0.4) is 0 Å². The van der Waals surface area contributed by atoms with E-state index in [0.29, 0.717) is 6.54 Å². The van der Waals surface area contributed by atoms with Crippen LogP contribution < -0.4 is 10.6 Å². The van der Waals surface area contributed by atoms with Gasteiger partial charge in [-0.2, -0.15) is 0 Å². The average molecular weight is 278 g/mol. The van der Waals surface area contributed by atoms with E-state index in [2.05, 4.69) is 41.2 Å². The number of amides is 1. The highest BCUT2D eigenvalue weighted by atomic mass is 32.2. The maximum Gasteiger partial charge on any atom is 0.237 e. The van der Waals surface area contributed by atoms with E-state index in [1.807, 2.05) is 0 Å². The summed E-state index contributed by atoms with van der Waals surface area (Å²) in [7, 11) is 0. The fourth-order valence-electron chi connectivity index (χ4n) is 2.43.